The zero-order chi connectivity index (χ0) is 13.2. The standard InChI is InChI=1S/C10H19N5O2S/c1-14(6-7-15-4-2-3-5-15)18(16,17)9-8-12-13-10(9)11/h8H,2-7H2,1H3,(H3,11,12,13). The Labute approximate surface area is 107 Å². The van der Waals surface area contributed by atoms with Gasteiger partial charge >= 0.3 is 0 Å². The molecular weight excluding hydrogens is 254 g/mol. The maximum absolute atomic E-state index is 12.2. The Kier molecular flexibility index (Phi) is 3.88. The van der Waals surface area contributed by atoms with Crippen LogP contribution in [0.1, 0.15) is 12.8 Å². The molecule has 1 aromatic heterocycles. The summed E-state index contributed by atoms with van der Waals surface area (Å²) < 4.78 is 25.7. The number of rotatable bonds is 5. The Morgan fingerprint density at radius 2 is 2.17 bits per heavy atom. The molecule has 0 saturated carbocycles. The van der Waals surface area contributed by atoms with Crippen molar-refractivity contribution in [3.8, 4) is 0 Å². The minimum Gasteiger partial charge on any atom is -0.383 e. The zero-order valence-electron chi connectivity index (χ0n) is 10.5. The van der Waals surface area contributed by atoms with Gasteiger partial charge in [-0.1, -0.05) is 0 Å². The van der Waals surface area contributed by atoms with Gasteiger partial charge in [-0.15, -0.1) is 0 Å². The highest BCUT2D eigenvalue weighted by Crippen LogP contribution is 2.18. The molecule has 0 aromatic carbocycles. The summed E-state index contributed by atoms with van der Waals surface area (Å²) in [5.41, 5.74) is 5.55. The van der Waals surface area contributed by atoms with Crippen LogP contribution in [-0.4, -0.2) is 61.0 Å². The first-order valence-corrected chi connectivity index (χ1v) is 7.43. The number of nitrogens with two attached hydrogens (primary N) is 1. The molecule has 0 amide bonds. The van der Waals surface area contributed by atoms with Crippen LogP contribution in [0, 0.1) is 0 Å². The Morgan fingerprint density at radius 1 is 1.50 bits per heavy atom. The molecule has 3 N–H and O–H groups in total. The smallest absolute Gasteiger partial charge is 0.248 e. The van der Waals surface area contributed by atoms with E-state index in [0.29, 0.717) is 6.54 Å². The third-order valence-electron chi connectivity index (χ3n) is 3.25. The van der Waals surface area contributed by atoms with Gasteiger partial charge in [0.15, 0.2) is 0 Å². The molecule has 2 heterocycles. The van der Waals surface area contributed by atoms with Crippen LogP contribution < -0.4 is 5.73 Å². The molecule has 0 atom stereocenters. The lowest BCUT2D eigenvalue weighted by molar-refractivity contribution is 0.310. The first-order valence-electron chi connectivity index (χ1n) is 5.99. The van der Waals surface area contributed by atoms with Crippen LogP contribution in [0.2, 0.25) is 0 Å². The van der Waals surface area contributed by atoms with Crippen molar-refractivity contribution in [2.45, 2.75) is 17.7 Å². The second-order valence-corrected chi connectivity index (χ2v) is 6.54. The number of likely N-dealkylation sites (tertiary alicyclic amines) is 1. The van der Waals surface area contributed by atoms with Crippen LogP contribution in [0.4, 0.5) is 5.82 Å². The Morgan fingerprint density at radius 3 is 2.72 bits per heavy atom. The number of nitrogens with one attached hydrogen (secondary N) is 1. The van der Waals surface area contributed by atoms with E-state index in [4.69, 9.17) is 5.73 Å². The highest BCUT2D eigenvalue weighted by molar-refractivity contribution is 7.89. The minimum atomic E-state index is -3.53. The molecule has 1 aliphatic heterocycles. The number of nitrogens with zero attached hydrogens (tertiary/aromatic N) is 3. The van der Waals surface area contributed by atoms with Gasteiger partial charge in [0.1, 0.15) is 10.7 Å². The lowest BCUT2D eigenvalue weighted by atomic mass is 10.4. The van der Waals surface area contributed by atoms with Crippen molar-refractivity contribution in [1.29, 1.82) is 0 Å². The summed E-state index contributed by atoms with van der Waals surface area (Å²) in [5, 5.41) is 6.08. The summed E-state index contributed by atoms with van der Waals surface area (Å²) >= 11 is 0. The molecule has 1 fully saturated rings. The highest BCUT2D eigenvalue weighted by atomic mass is 32.2. The van der Waals surface area contributed by atoms with Crippen molar-refractivity contribution in [2.24, 2.45) is 0 Å². The predicted octanol–water partition coefficient (Wildman–Crippen LogP) is -0.292. The molecule has 0 spiro atoms. The fourth-order valence-corrected chi connectivity index (χ4v) is 3.23. The topological polar surface area (TPSA) is 95.3 Å². The van der Waals surface area contributed by atoms with Crippen LogP contribution in [0.25, 0.3) is 0 Å². The number of anilines is 1. The fraction of sp³-hybridized carbons (Fsp3) is 0.700. The number of aromatic nitrogens is 2. The molecule has 1 aromatic rings. The number of aromatic amines is 1. The lowest BCUT2D eigenvalue weighted by Gasteiger charge is -2.20. The molecule has 1 aliphatic rings. The van der Waals surface area contributed by atoms with Gasteiger partial charge in [-0.2, -0.15) is 9.40 Å². The van der Waals surface area contributed by atoms with Crippen molar-refractivity contribution in [1.82, 2.24) is 19.4 Å². The molecule has 0 aliphatic carbocycles. The summed E-state index contributed by atoms with van der Waals surface area (Å²) in [6.45, 7) is 3.34. The van der Waals surface area contributed by atoms with Crippen LogP contribution >= 0.6 is 0 Å². The molecule has 0 bridgehead atoms. The average molecular weight is 273 g/mol. The average Bonchev–Trinajstić information content (AvgIpc) is 2.96. The molecule has 8 heteroatoms. The van der Waals surface area contributed by atoms with Crippen molar-refractivity contribution >= 4 is 15.8 Å². The van der Waals surface area contributed by atoms with Crippen molar-refractivity contribution in [3.05, 3.63) is 6.20 Å². The zero-order valence-corrected chi connectivity index (χ0v) is 11.3. The monoisotopic (exact) mass is 273 g/mol. The number of nitrogen functional groups attached to an aromatic ring is 1. The maximum Gasteiger partial charge on any atom is 0.248 e. The quantitative estimate of drug-likeness (QED) is 0.768. The fourth-order valence-electron chi connectivity index (χ4n) is 2.07. The summed E-state index contributed by atoms with van der Waals surface area (Å²) in [6, 6.07) is 0. The van der Waals surface area contributed by atoms with Gasteiger partial charge in [-0.3, -0.25) is 5.10 Å². The molecule has 18 heavy (non-hydrogen) atoms. The lowest BCUT2D eigenvalue weighted by Crippen LogP contribution is -2.35. The molecular formula is C10H19N5O2S. The van der Waals surface area contributed by atoms with E-state index in [2.05, 4.69) is 15.1 Å². The van der Waals surface area contributed by atoms with E-state index >= 15 is 0 Å². The van der Waals surface area contributed by atoms with Gasteiger partial charge in [-0.05, 0) is 25.9 Å². The third-order valence-corrected chi connectivity index (χ3v) is 5.13. The minimum absolute atomic E-state index is 0.0476. The van der Waals surface area contributed by atoms with Crippen molar-refractivity contribution < 1.29 is 8.42 Å². The van der Waals surface area contributed by atoms with E-state index in [0.717, 1.165) is 19.6 Å². The van der Waals surface area contributed by atoms with Gasteiger partial charge in [-0.25, -0.2) is 8.42 Å². The summed E-state index contributed by atoms with van der Waals surface area (Å²) in [5.74, 6) is 0.0861. The number of hydrogen-bond acceptors (Lipinski definition) is 5. The third kappa shape index (κ3) is 2.65. The van der Waals surface area contributed by atoms with E-state index in [1.165, 1.54) is 23.3 Å². The maximum atomic E-state index is 12.2. The van der Waals surface area contributed by atoms with E-state index in [9.17, 15) is 8.42 Å². The van der Waals surface area contributed by atoms with E-state index in [1.807, 2.05) is 0 Å². The second-order valence-electron chi connectivity index (χ2n) is 4.52. The first-order chi connectivity index (χ1) is 8.51. The Bertz CT molecular complexity index is 492. The first kappa shape index (κ1) is 13.3. The number of likely N-dealkylation sites (N-methyl/N-ethyl adjacent to an activating group) is 1. The number of H-pyrrole nitrogens is 1. The summed E-state index contributed by atoms with van der Waals surface area (Å²) in [6.07, 6.45) is 3.65. The molecule has 102 valence electrons. The van der Waals surface area contributed by atoms with Crippen LogP contribution in [-0.2, 0) is 10.0 Å². The largest absolute Gasteiger partial charge is 0.383 e. The van der Waals surface area contributed by atoms with Crippen LogP contribution in [0.5, 0.6) is 0 Å². The van der Waals surface area contributed by atoms with E-state index < -0.39 is 10.0 Å². The predicted molar refractivity (Wildman–Crippen MR) is 68.5 cm³/mol. The second kappa shape index (κ2) is 5.25. The van der Waals surface area contributed by atoms with E-state index in [-0.39, 0.29) is 10.7 Å². The highest BCUT2D eigenvalue weighted by Gasteiger charge is 2.25. The molecule has 1 saturated heterocycles. The Hall–Kier alpha value is -1.12. The van der Waals surface area contributed by atoms with Crippen LogP contribution in [0.15, 0.2) is 11.1 Å². The SMILES string of the molecule is CN(CCN1CCCC1)S(=O)(=O)c1cn[nH]c1N. The summed E-state index contributed by atoms with van der Waals surface area (Å²) in [7, 11) is -1.96. The van der Waals surface area contributed by atoms with E-state index in [1.54, 1.807) is 7.05 Å². The number of sulfonamides is 1. The Balaban J connectivity index is 1.99. The van der Waals surface area contributed by atoms with Crippen molar-refractivity contribution in [3.63, 3.8) is 0 Å². The van der Waals surface area contributed by atoms with Gasteiger partial charge in [0.05, 0.1) is 6.20 Å². The van der Waals surface area contributed by atoms with Gasteiger partial charge < -0.3 is 10.6 Å². The molecule has 2 rings (SSSR count). The molecule has 0 radical (unpaired) electrons. The van der Waals surface area contributed by atoms with Crippen LogP contribution in [0.3, 0.4) is 0 Å². The van der Waals surface area contributed by atoms with Gasteiger partial charge in [0.25, 0.3) is 0 Å². The van der Waals surface area contributed by atoms with Crippen molar-refractivity contribution in [2.75, 3.05) is 39.0 Å². The summed E-state index contributed by atoms with van der Waals surface area (Å²) in [4.78, 5) is 2.32. The molecule has 7 nitrogen and oxygen atoms in total. The van der Waals surface area contributed by atoms with Gasteiger partial charge in [0.2, 0.25) is 10.0 Å². The molecule has 0 unspecified atom stereocenters. The number of hydrogen-bond donors (Lipinski definition) is 2. The normalized spacial score (nSPS) is 17.7. The van der Waals surface area contributed by atoms with Gasteiger partial charge in [0, 0.05) is 20.1 Å².